The van der Waals surface area contributed by atoms with E-state index >= 15 is 0 Å². The third-order valence-corrected chi connectivity index (χ3v) is 6.29. The Hall–Kier alpha value is -2.21. The lowest BCUT2D eigenvalue weighted by Gasteiger charge is -2.42. The summed E-state index contributed by atoms with van der Waals surface area (Å²) in [7, 11) is 0. The smallest absolute Gasteiger partial charge is 0.238 e. The van der Waals surface area contributed by atoms with E-state index in [4.69, 9.17) is 5.73 Å². The molecular weight excluding hydrogens is 350 g/mol. The molecule has 5 nitrogen and oxygen atoms in total. The molecule has 148 valence electrons. The number of nitrogens with one attached hydrogen (secondary N) is 1. The van der Waals surface area contributed by atoms with Crippen LogP contribution in [0.25, 0.3) is 0 Å². The number of hydrogen-bond donors (Lipinski definition) is 3. The van der Waals surface area contributed by atoms with Gasteiger partial charge < -0.3 is 16.2 Å². The van der Waals surface area contributed by atoms with Crippen molar-refractivity contribution in [1.82, 2.24) is 4.90 Å². The monoisotopic (exact) mass is 379 g/mol. The molecule has 0 bridgehead atoms. The van der Waals surface area contributed by atoms with Crippen molar-refractivity contribution in [1.29, 1.82) is 0 Å². The summed E-state index contributed by atoms with van der Waals surface area (Å²) in [5.74, 6) is 0.421. The Morgan fingerprint density at radius 3 is 2.54 bits per heavy atom. The van der Waals surface area contributed by atoms with E-state index in [1.165, 1.54) is 5.56 Å². The molecule has 1 aliphatic heterocycles. The van der Waals surface area contributed by atoms with Gasteiger partial charge in [0, 0.05) is 18.2 Å². The number of fused-ring (bicyclic) bond motifs is 1. The van der Waals surface area contributed by atoms with Gasteiger partial charge in [-0.05, 0) is 61.0 Å². The van der Waals surface area contributed by atoms with Crippen molar-refractivity contribution in [3.8, 4) is 0 Å². The van der Waals surface area contributed by atoms with Gasteiger partial charge in [-0.3, -0.25) is 9.69 Å². The fourth-order valence-corrected chi connectivity index (χ4v) is 4.75. The van der Waals surface area contributed by atoms with Crippen LogP contribution in [0.4, 0.5) is 5.69 Å². The van der Waals surface area contributed by atoms with E-state index in [9.17, 15) is 9.90 Å². The number of nitrogens with two attached hydrogens (primary N) is 1. The van der Waals surface area contributed by atoms with Crippen LogP contribution >= 0.6 is 0 Å². The zero-order chi connectivity index (χ0) is 19.5. The molecule has 4 N–H and O–H groups in total. The van der Waals surface area contributed by atoms with Crippen LogP contribution in [0.3, 0.4) is 0 Å². The van der Waals surface area contributed by atoms with Crippen LogP contribution in [-0.4, -0.2) is 47.7 Å². The average molecular weight is 380 g/mol. The molecule has 0 aromatic heterocycles. The van der Waals surface area contributed by atoms with E-state index in [1.54, 1.807) is 0 Å². The lowest BCUT2D eigenvalue weighted by Crippen LogP contribution is -2.51. The molecule has 0 unspecified atom stereocenters. The Morgan fingerprint density at radius 1 is 1.07 bits per heavy atom. The summed E-state index contributed by atoms with van der Waals surface area (Å²) < 4.78 is 0. The number of piperidine rings is 1. The van der Waals surface area contributed by atoms with Crippen molar-refractivity contribution in [2.75, 3.05) is 25.0 Å². The summed E-state index contributed by atoms with van der Waals surface area (Å²) in [5, 5.41) is 13.7. The predicted octanol–water partition coefficient (Wildman–Crippen LogP) is 2.29. The maximum atomic E-state index is 11.8. The van der Waals surface area contributed by atoms with Crippen molar-refractivity contribution in [2.45, 2.75) is 43.7 Å². The zero-order valence-electron chi connectivity index (χ0n) is 16.2. The Bertz CT molecular complexity index is 816. The molecule has 1 aliphatic carbocycles. The number of rotatable bonds is 4. The first-order valence-electron chi connectivity index (χ1n) is 10.2. The van der Waals surface area contributed by atoms with E-state index in [-0.39, 0.29) is 24.6 Å². The van der Waals surface area contributed by atoms with Crippen LogP contribution in [0.5, 0.6) is 0 Å². The highest BCUT2D eigenvalue weighted by atomic mass is 16.3. The van der Waals surface area contributed by atoms with E-state index in [1.807, 2.05) is 12.1 Å². The highest BCUT2D eigenvalue weighted by molar-refractivity contribution is 5.93. The second-order valence-corrected chi connectivity index (χ2v) is 7.96. The summed E-state index contributed by atoms with van der Waals surface area (Å²) in [5.41, 5.74) is 9.99. The van der Waals surface area contributed by atoms with Gasteiger partial charge in [0.2, 0.25) is 5.91 Å². The number of benzene rings is 2. The van der Waals surface area contributed by atoms with Crippen LogP contribution < -0.4 is 11.1 Å². The quantitative estimate of drug-likeness (QED) is 0.762. The Labute approximate surface area is 166 Å². The molecule has 28 heavy (non-hydrogen) atoms. The Morgan fingerprint density at radius 2 is 1.82 bits per heavy atom. The number of nitrogens with zero attached hydrogens (tertiary/aromatic N) is 1. The molecule has 1 amide bonds. The number of hydrogen-bond acceptors (Lipinski definition) is 4. The largest absolute Gasteiger partial charge is 0.391 e. The maximum Gasteiger partial charge on any atom is 0.238 e. The molecule has 1 fully saturated rings. The lowest BCUT2D eigenvalue weighted by molar-refractivity contribution is -0.114. The minimum absolute atomic E-state index is 0.0251. The van der Waals surface area contributed by atoms with Gasteiger partial charge in [-0.1, -0.05) is 42.5 Å². The number of anilines is 1. The van der Waals surface area contributed by atoms with Crippen LogP contribution in [0, 0.1) is 0 Å². The first kappa shape index (κ1) is 19.1. The molecule has 5 heteroatoms. The van der Waals surface area contributed by atoms with Crippen molar-refractivity contribution in [3.63, 3.8) is 0 Å². The van der Waals surface area contributed by atoms with E-state index in [2.05, 4.69) is 46.6 Å². The first-order valence-corrected chi connectivity index (χ1v) is 10.2. The molecule has 0 saturated carbocycles. The van der Waals surface area contributed by atoms with Gasteiger partial charge in [0.1, 0.15) is 0 Å². The maximum absolute atomic E-state index is 11.8. The minimum atomic E-state index is -0.374. The van der Waals surface area contributed by atoms with Gasteiger partial charge in [-0.2, -0.15) is 0 Å². The van der Waals surface area contributed by atoms with Gasteiger partial charge in [0.25, 0.3) is 0 Å². The summed E-state index contributed by atoms with van der Waals surface area (Å²) in [6, 6.07) is 16.7. The van der Waals surface area contributed by atoms with Crippen molar-refractivity contribution < 1.29 is 9.90 Å². The number of carbonyl (C=O) groups excluding carboxylic acids is 1. The van der Waals surface area contributed by atoms with Crippen LogP contribution in [0.1, 0.15) is 35.4 Å². The Kier molecular flexibility index (Phi) is 5.76. The summed E-state index contributed by atoms with van der Waals surface area (Å²) >= 11 is 0. The summed E-state index contributed by atoms with van der Waals surface area (Å²) in [6.45, 7) is 1.96. The van der Waals surface area contributed by atoms with Gasteiger partial charge in [0.15, 0.2) is 0 Å². The molecule has 0 radical (unpaired) electrons. The zero-order valence-corrected chi connectivity index (χ0v) is 16.2. The van der Waals surface area contributed by atoms with Crippen molar-refractivity contribution in [2.24, 2.45) is 5.73 Å². The first-order chi connectivity index (χ1) is 13.7. The topological polar surface area (TPSA) is 78.6 Å². The fraction of sp³-hybridized carbons (Fsp3) is 0.435. The molecule has 2 aromatic carbocycles. The number of carbonyl (C=O) groups is 1. The van der Waals surface area contributed by atoms with Crippen molar-refractivity contribution >= 4 is 11.6 Å². The van der Waals surface area contributed by atoms with E-state index in [0.717, 1.165) is 49.2 Å². The van der Waals surface area contributed by atoms with Gasteiger partial charge in [0.05, 0.1) is 12.6 Å². The SMILES string of the molecule is NCC(=O)Nc1cccc2c1C[C@H](N1CCC(c3ccccc3)CC1)[C@@H](O)C2. The van der Waals surface area contributed by atoms with Crippen LogP contribution in [0.2, 0.25) is 0 Å². The minimum Gasteiger partial charge on any atom is -0.391 e. The van der Waals surface area contributed by atoms with Gasteiger partial charge in [-0.15, -0.1) is 0 Å². The molecular formula is C23H29N3O2. The summed E-state index contributed by atoms with van der Waals surface area (Å²) in [4.78, 5) is 14.2. The fourth-order valence-electron chi connectivity index (χ4n) is 4.75. The van der Waals surface area contributed by atoms with E-state index < -0.39 is 0 Å². The number of aliphatic hydroxyl groups is 1. The standard InChI is InChI=1S/C23H29N3O2/c24-15-23(28)25-20-8-4-7-18-13-22(27)21(14-19(18)20)26-11-9-17(10-12-26)16-5-2-1-3-6-16/h1-8,17,21-22,27H,9-15,24H2,(H,25,28)/t21-,22-/m0/s1. The van der Waals surface area contributed by atoms with Crippen LogP contribution in [0.15, 0.2) is 48.5 Å². The third kappa shape index (κ3) is 3.97. The van der Waals surface area contributed by atoms with Crippen LogP contribution in [-0.2, 0) is 17.6 Å². The average Bonchev–Trinajstić information content (AvgIpc) is 2.74. The second-order valence-electron chi connectivity index (χ2n) is 7.96. The highest BCUT2D eigenvalue weighted by Crippen LogP contribution is 2.34. The molecule has 0 spiro atoms. The highest BCUT2D eigenvalue weighted by Gasteiger charge is 2.34. The molecule has 1 saturated heterocycles. The molecule has 4 rings (SSSR count). The summed E-state index contributed by atoms with van der Waals surface area (Å²) in [6.07, 6.45) is 3.25. The predicted molar refractivity (Wildman–Crippen MR) is 111 cm³/mol. The molecule has 2 aromatic rings. The lowest BCUT2D eigenvalue weighted by atomic mass is 9.82. The molecule has 1 heterocycles. The number of aliphatic hydroxyl groups excluding tert-OH is 1. The van der Waals surface area contributed by atoms with Gasteiger partial charge >= 0.3 is 0 Å². The normalized spacial score (nSPS) is 23.2. The van der Waals surface area contributed by atoms with Gasteiger partial charge in [-0.25, -0.2) is 0 Å². The third-order valence-electron chi connectivity index (χ3n) is 6.29. The second kappa shape index (κ2) is 8.43. The van der Waals surface area contributed by atoms with Crippen molar-refractivity contribution in [3.05, 3.63) is 65.2 Å². The number of amides is 1. The number of likely N-dealkylation sites (tertiary alicyclic amines) is 1. The molecule has 2 atom stereocenters. The Balaban J connectivity index is 1.47. The van der Waals surface area contributed by atoms with E-state index in [0.29, 0.717) is 12.3 Å². The molecule has 2 aliphatic rings.